The third-order valence-corrected chi connectivity index (χ3v) is 5.75. The number of rotatable bonds is 11. The lowest BCUT2D eigenvalue weighted by Crippen LogP contribution is -2.47. The van der Waals surface area contributed by atoms with Crippen molar-refractivity contribution in [2.24, 2.45) is 0 Å². The number of carbonyl (C=O) groups is 2. The first kappa shape index (κ1) is 24.9. The zero-order valence-electron chi connectivity index (χ0n) is 19.2. The molecular formula is C26H35ClN2O2. The molecule has 2 rings (SSSR count). The molecule has 5 heteroatoms. The lowest BCUT2D eigenvalue weighted by molar-refractivity contribution is -0.140. The Bertz CT molecular complexity index is 849. The summed E-state index contributed by atoms with van der Waals surface area (Å²) in [6.07, 6.45) is 2.93. The molecule has 0 heterocycles. The summed E-state index contributed by atoms with van der Waals surface area (Å²) in [5.41, 5.74) is 3.32. The normalized spacial score (nSPS) is 11.9. The number of unbranched alkanes of at least 4 members (excludes halogenated alkanes) is 1. The van der Waals surface area contributed by atoms with Gasteiger partial charge in [0.2, 0.25) is 11.8 Å². The van der Waals surface area contributed by atoms with Gasteiger partial charge < -0.3 is 10.2 Å². The Morgan fingerprint density at radius 3 is 2.35 bits per heavy atom. The van der Waals surface area contributed by atoms with Gasteiger partial charge in [-0.15, -0.1) is 0 Å². The number of halogens is 1. The van der Waals surface area contributed by atoms with Gasteiger partial charge >= 0.3 is 0 Å². The smallest absolute Gasteiger partial charge is 0.242 e. The largest absolute Gasteiger partial charge is 0.354 e. The van der Waals surface area contributed by atoms with Gasteiger partial charge in [-0.3, -0.25) is 9.59 Å². The minimum atomic E-state index is -0.549. The monoisotopic (exact) mass is 442 g/mol. The van der Waals surface area contributed by atoms with E-state index in [0.29, 0.717) is 36.9 Å². The highest BCUT2D eigenvalue weighted by atomic mass is 35.5. The van der Waals surface area contributed by atoms with E-state index >= 15 is 0 Å². The predicted molar refractivity (Wildman–Crippen MR) is 128 cm³/mol. The van der Waals surface area contributed by atoms with Crippen LogP contribution in [0, 0.1) is 0 Å². The molecule has 0 spiro atoms. The maximum atomic E-state index is 13.2. The maximum Gasteiger partial charge on any atom is 0.242 e. The summed E-state index contributed by atoms with van der Waals surface area (Å²) >= 11 is 6.13. The van der Waals surface area contributed by atoms with Crippen LogP contribution in [0.4, 0.5) is 0 Å². The zero-order valence-corrected chi connectivity index (χ0v) is 19.9. The minimum absolute atomic E-state index is 0.0361. The number of carbonyl (C=O) groups excluding carboxylic acids is 2. The Balaban J connectivity index is 2.09. The van der Waals surface area contributed by atoms with Gasteiger partial charge in [-0.1, -0.05) is 75.2 Å². The fourth-order valence-electron chi connectivity index (χ4n) is 3.41. The first-order valence-electron chi connectivity index (χ1n) is 11.2. The van der Waals surface area contributed by atoms with Gasteiger partial charge in [-0.05, 0) is 54.5 Å². The minimum Gasteiger partial charge on any atom is -0.354 e. The van der Waals surface area contributed by atoms with Crippen LogP contribution < -0.4 is 5.32 Å². The van der Waals surface area contributed by atoms with Crippen molar-refractivity contribution in [2.75, 3.05) is 6.54 Å². The van der Waals surface area contributed by atoms with Crippen LogP contribution in [-0.4, -0.2) is 29.3 Å². The number of nitrogens with one attached hydrogen (secondary N) is 1. The molecule has 4 nitrogen and oxygen atoms in total. The van der Waals surface area contributed by atoms with Crippen LogP contribution in [0.3, 0.4) is 0 Å². The fraction of sp³-hybridized carbons (Fsp3) is 0.462. The highest BCUT2D eigenvalue weighted by Crippen LogP contribution is 2.18. The molecule has 0 unspecified atom stereocenters. The van der Waals surface area contributed by atoms with Crippen LogP contribution in [-0.2, 0) is 22.6 Å². The van der Waals surface area contributed by atoms with E-state index < -0.39 is 6.04 Å². The molecule has 0 saturated carbocycles. The number of hydrogen-bond acceptors (Lipinski definition) is 2. The van der Waals surface area contributed by atoms with Crippen molar-refractivity contribution < 1.29 is 9.59 Å². The van der Waals surface area contributed by atoms with Gasteiger partial charge in [0, 0.05) is 24.5 Å². The van der Waals surface area contributed by atoms with E-state index in [1.54, 1.807) is 17.9 Å². The molecule has 0 radical (unpaired) electrons. The highest BCUT2D eigenvalue weighted by Gasteiger charge is 2.25. The van der Waals surface area contributed by atoms with E-state index in [0.717, 1.165) is 24.0 Å². The molecule has 0 aliphatic carbocycles. The SMILES string of the molecule is CCCCNC(=O)[C@@H](C)N(Cc1cccc(Cl)c1)C(=O)CCc1ccc(C(C)C)cc1. The fourth-order valence-corrected chi connectivity index (χ4v) is 3.63. The molecule has 1 atom stereocenters. The molecule has 168 valence electrons. The summed E-state index contributed by atoms with van der Waals surface area (Å²) in [4.78, 5) is 27.5. The van der Waals surface area contributed by atoms with E-state index in [9.17, 15) is 9.59 Å². The van der Waals surface area contributed by atoms with Gasteiger partial charge in [0.15, 0.2) is 0 Å². The molecule has 0 saturated heterocycles. The van der Waals surface area contributed by atoms with Gasteiger partial charge in [0.05, 0.1) is 0 Å². The first-order chi connectivity index (χ1) is 14.8. The summed E-state index contributed by atoms with van der Waals surface area (Å²) < 4.78 is 0. The van der Waals surface area contributed by atoms with Crippen LogP contribution in [0.2, 0.25) is 5.02 Å². The third-order valence-electron chi connectivity index (χ3n) is 5.51. The van der Waals surface area contributed by atoms with E-state index in [-0.39, 0.29) is 11.8 Å². The second-order valence-electron chi connectivity index (χ2n) is 8.37. The molecule has 0 aromatic heterocycles. The van der Waals surface area contributed by atoms with E-state index in [4.69, 9.17) is 11.6 Å². The van der Waals surface area contributed by atoms with Crippen LogP contribution in [0.1, 0.15) is 69.6 Å². The van der Waals surface area contributed by atoms with Crippen molar-refractivity contribution in [1.82, 2.24) is 10.2 Å². The average molecular weight is 443 g/mol. The summed E-state index contributed by atoms with van der Waals surface area (Å²) in [7, 11) is 0. The Morgan fingerprint density at radius 2 is 1.74 bits per heavy atom. The quantitative estimate of drug-likeness (QED) is 0.452. The zero-order chi connectivity index (χ0) is 22.8. The van der Waals surface area contributed by atoms with Gasteiger partial charge in [0.1, 0.15) is 6.04 Å². The van der Waals surface area contributed by atoms with Crippen LogP contribution >= 0.6 is 11.6 Å². The van der Waals surface area contributed by atoms with Gasteiger partial charge in [-0.2, -0.15) is 0 Å². The summed E-state index contributed by atoms with van der Waals surface area (Å²) in [6.45, 7) is 9.19. The van der Waals surface area contributed by atoms with Crippen LogP contribution in [0.25, 0.3) is 0 Å². The second-order valence-corrected chi connectivity index (χ2v) is 8.80. The van der Waals surface area contributed by atoms with Crippen molar-refractivity contribution in [3.63, 3.8) is 0 Å². The van der Waals surface area contributed by atoms with E-state index in [2.05, 4.69) is 50.4 Å². The van der Waals surface area contributed by atoms with Crippen molar-refractivity contribution >= 4 is 23.4 Å². The highest BCUT2D eigenvalue weighted by molar-refractivity contribution is 6.30. The Labute approximate surface area is 192 Å². The van der Waals surface area contributed by atoms with E-state index in [1.807, 2.05) is 18.2 Å². The number of nitrogens with zero attached hydrogens (tertiary/aromatic N) is 1. The number of aryl methyl sites for hydroxylation is 1. The molecule has 0 bridgehead atoms. The van der Waals surface area contributed by atoms with Crippen molar-refractivity contribution in [2.45, 2.75) is 71.9 Å². The lowest BCUT2D eigenvalue weighted by atomic mass is 10.00. The average Bonchev–Trinajstić information content (AvgIpc) is 2.75. The Hall–Kier alpha value is -2.33. The number of benzene rings is 2. The third kappa shape index (κ3) is 8.02. The van der Waals surface area contributed by atoms with E-state index in [1.165, 1.54) is 5.56 Å². The second kappa shape index (κ2) is 12.5. The van der Waals surface area contributed by atoms with Crippen molar-refractivity contribution in [3.05, 3.63) is 70.2 Å². The van der Waals surface area contributed by atoms with Crippen molar-refractivity contribution in [3.8, 4) is 0 Å². The number of hydrogen-bond donors (Lipinski definition) is 1. The van der Waals surface area contributed by atoms with Crippen LogP contribution in [0.5, 0.6) is 0 Å². The summed E-state index contributed by atoms with van der Waals surface area (Å²) in [5, 5.41) is 3.57. The molecule has 0 fully saturated rings. The Morgan fingerprint density at radius 1 is 1.03 bits per heavy atom. The summed E-state index contributed by atoms with van der Waals surface area (Å²) in [6, 6.07) is 15.3. The van der Waals surface area contributed by atoms with Crippen LogP contribution in [0.15, 0.2) is 48.5 Å². The number of amides is 2. The topological polar surface area (TPSA) is 49.4 Å². The molecule has 1 N–H and O–H groups in total. The lowest BCUT2D eigenvalue weighted by Gasteiger charge is -2.29. The van der Waals surface area contributed by atoms with Crippen molar-refractivity contribution in [1.29, 1.82) is 0 Å². The molecule has 31 heavy (non-hydrogen) atoms. The van der Waals surface area contributed by atoms with Gasteiger partial charge in [-0.25, -0.2) is 0 Å². The molecular weight excluding hydrogens is 408 g/mol. The first-order valence-corrected chi connectivity index (χ1v) is 11.6. The van der Waals surface area contributed by atoms with Gasteiger partial charge in [0.25, 0.3) is 0 Å². The molecule has 2 aromatic carbocycles. The Kier molecular flexibility index (Phi) is 10.1. The molecule has 0 aliphatic rings. The predicted octanol–water partition coefficient (Wildman–Crippen LogP) is 5.73. The maximum absolute atomic E-state index is 13.2. The molecule has 2 aromatic rings. The standard InChI is InChI=1S/C26H35ClN2O2/c1-5-6-16-28-26(31)20(4)29(18-22-8-7-9-24(27)17-22)25(30)15-12-21-10-13-23(14-11-21)19(2)3/h7-11,13-14,17,19-20H,5-6,12,15-16,18H2,1-4H3,(H,28,31)/t20-/m1/s1. The molecule has 0 aliphatic heterocycles. The summed E-state index contributed by atoms with van der Waals surface area (Å²) in [5.74, 6) is 0.326. The molecule has 2 amide bonds.